The average Bonchev–Trinajstić information content (AvgIpc) is 2.44. The van der Waals surface area contributed by atoms with Crippen molar-refractivity contribution in [3.8, 4) is 11.5 Å². The maximum atomic E-state index is 11.9. The highest BCUT2D eigenvalue weighted by Gasteiger charge is 2.24. The lowest BCUT2D eigenvalue weighted by Crippen LogP contribution is -2.50. The summed E-state index contributed by atoms with van der Waals surface area (Å²) in [5.41, 5.74) is 0.415. The van der Waals surface area contributed by atoms with Crippen molar-refractivity contribution in [3.63, 3.8) is 0 Å². The van der Waals surface area contributed by atoms with Gasteiger partial charge in [0.1, 0.15) is 13.2 Å². The normalized spacial score (nSPS) is 14.1. The fraction of sp³-hybridized carbons (Fsp3) is 0.500. The Morgan fingerprint density at radius 1 is 1.26 bits per heavy atom. The number of nitrogens with one attached hydrogen (secondary N) is 2. The number of hydrogen-bond acceptors (Lipinski definition) is 4. The van der Waals surface area contributed by atoms with Crippen LogP contribution in [-0.4, -0.2) is 31.7 Å². The van der Waals surface area contributed by atoms with Crippen molar-refractivity contribution in [2.45, 2.75) is 25.9 Å². The Kier molecular flexibility index (Phi) is 3.95. The van der Waals surface area contributed by atoms with Crippen LogP contribution in [0.25, 0.3) is 0 Å². The first-order valence-corrected chi connectivity index (χ1v) is 6.38. The first-order valence-electron chi connectivity index (χ1n) is 6.38. The highest BCUT2D eigenvalue weighted by atomic mass is 16.6. The fourth-order valence-corrected chi connectivity index (χ4v) is 1.71. The molecule has 1 heterocycles. The summed E-state index contributed by atoms with van der Waals surface area (Å²) >= 11 is 0. The summed E-state index contributed by atoms with van der Waals surface area (Å²) in [5.74, 6) is 1.47. The Hall–Kier alpha value is -1.75. The minimum absolute atomic E-state index is 0.0371. The Morgan fingerprint density at radius 2 is 1.95 bits per heavy atom. The first kappa shape index (κ1) is 13.7. The lowest BCUT2D eigenvalue weighted by Gasteiger charge is -2.23. The molecule has 0 aromatic heterocycles. The van der Waals surface area contributed by atoms with E-state index in [9.17, 15) is 4.79 Å². The monoisotopic (exact) mass is 264 g/mol. The van der Waals surface area contributed by atoms with Crippen molar-refractivity contribution in [1.82, 2.24) is 10.6 Å². The first-order chi connectivity index (χ1) is 9.03. The van der Waals surface area contributed by atoms with Gasteiger partial charge in [-0.2, -0.15) is 0 Å². The van der Waals surface area contributed by atoms with E-state index in [1.54, 1.807) is 7.05 Å². The van der Waals surface area contributed by atoms with Crippen LogP contribution in [0.15, 0.2) is 18.2 Å². The number of amides is 1. The molecule has 0 saturated carbocycles. The molecule has 1 aliphatic rings. The molecule has 1 aromatic carbocycles. The molecule has 0 atom stereocenters. The van der Waals surface area contributed by atoms with Crippen LogP contribution in [0.4, 0.5) is 0 Å². The highest BCUT2D eigenvalue weighted by Crippen LogP contribution is 2.30. The Morgan fingerprint density at radius 3 is 2.63 bits per heavy atom. The molecule has 0 fully saturated rings. The van der Waals surface area contributed by atoms with Crippen LogP contribution in [0.5, 0.6) is 11.5 Å². The van der Waals surface area contributed by atoms with E-state index in [-0.39, 0.29) is 5.91 Å². The third-order valence-corrected chi connectivity index (χ3v) is 3.25. The fourth-order valence-electron chi connectivity index (χ4n) is 1.71. The van der Waals surface area contributed by atoms with Crippen LogP contribution in [0.3, 0.4) is 0 Å². The van der Waals surface area contributed by atoms with Gasteiger partial charge in [0.2, 0.25) is 5.91 Å². The number of fused-ring (bicyclic) bond motifs is 1. The lowest BCUT2D eigenvalue weighted by atomic mass is 10.1. The van der Waals surface area contributed by atoms with Crippen molar-refractivity contribution >= 4 is 5.91 Å². The van der Waals surface area contributed by atoms with E-state index in [1.165, 1.54) is 0 Å². The number of rotatable bonds is 4. The van der Waals surface area contributed by atoms with Gasteiger partial charge in [0.15, 0.2) is 11.5 Å². The molecule has 0 saturated heterocycles. The predicted molar refractivity (Wildman–Crippen MR) is 72.4 cm³/mol. The van der Waals surface area contributed by atoms with E-state index in [2.05, 4.69) is 10.6 Å². The van der Waals surface area contributed by atoms with E-state index in [0.717, 1.165) is 17.1 Å². The zero-order chi connectivity index (χ0) is 13.9. The van der Waals surface area contributed by atoms with Crippen LogP contribution < -0.4 is 20.1 Å². The third kappa shape index (κ3) is 3.17. The molecule has 104 valence electrons. The van der Waals surface area contributed by atoms with E-state index in [4.69, 9.17) is 9.47 Å². The zero-order valence-electron chi connectivity index (χ0n) is 11.6. The summed E-state index contributed by atoms with van der Waals surface area (Å²) < 4.78 is 11.0. The smallest absolute Gasteiger partial charge is 0.239 e. The number of carbonyl (C=O) groups is 1. The van der Waals surface area contributed by atoms with E-state index in [1.807, 2.05) is 32.0 Å². The average molecular weight is 264 g/mol. The van der Waals surface area contributed by atoms with Gasteiger partial charge in [-0.1, -0.05) is 6.07 Å². The predicted octanol–water partition coefficient (Wildman–Crippen LogP) is 1.07. The molecule has 19 heavy (non-hydrogen) atoms. The summed E-state index contributed by atoms with van der Waals surface area (Å²) in [7, 11) is 1.77. The number of likely N-dealkylation sites (N-methyl/N-ethyl adjacent to an activating group) is 1. The summed E-state index contributed by atoms with van der Waals surface area (Å²) in [5, 5.41) is 5.87. The van der Waals surface area contributed by atoms with Gasteiger partial charge in [-0.05, 0) is 38.6 Å². The number of ether oxygens (including phenoxy) is 2. The van der Waals surface area contributed by atoms with Crippen LogP contribution in [-0.2, 0) is 11.3 Å². The van der Waals surface area contributed by atoms with Crippen LogP contribution >= 0.6 is 0 Å². The summed E-state index contributed by atoms with van der Waals surface area (Å²) in [6.07, 6.45) is 0. The van der Waals surface area contributed by atoms with Gasteiger partial charge in [0, 0.05) is 6.54 Å². The van der Waals surface area contributed by atoms with Gasteiger partial charge < -0.3 is 20.1 Å². The Bertz CT molecular complexity index is 472. The highest BCUT2D eigenvalue weighted by molar-refractivity contribution is 5.85. The second-order valence-corrected chi connectivity index (χ2v) is 5.04. The molecule has 5 heteroatoms. The van der Waals surface area contributed by atoms with Crippen LogP contribution in [0, 0.1) is 0 Å². The molecule has 1 aliphatic heterocycles. The van der Waals surface area contributed by atoms with Gasteiger partial charge in [-0.15, -0.1) is 0 Å². The maximum Gasteiger partial charge on any atom is 0.239 e. The van der Waals surface area contributed by atoms with Crippen molar-refractivity contribution < 1.29 is 14.3 Å². The number of carbonyl (C=O) groups excluding carboxylic acids is 1. The molecule has 5 nitrogen and oxygen atoms in total. The summed E-state index contributed by atoms with van der Waals surface area (Å²) in [4.78, 5) is 11.9. The zero-order valence-corrected chi connectivity index (χ0v) is 11.6. The molecule has 0 bridgehead atoms. The molecule has 2 rings (SSSR count). The second-order valence-electron chi connectivity index (χ2n) is 5.04. The van der Waals surface area contributed by atoms with Gasteiger partial charge in [-0.25, -0.2) is 0 Å². The van der Waals surface area contributed by atoms with E-state index in [0.29, 0.717) is 19.8 Å². The molecule has 0 aliphatic carbocycles. The van der Waals surface area contributed by atoms with Gasteiger partial charge in [-0.3, -0.25) is 4.79 Å². The van der Waals surface area contributed by atoms with Gasteiger partial charge >= 0.3 is 0 Å². The van der Waals surface area contributed by atoms with E-state index < -0.39 is 5.54 Å². The Labute approximate surface area is 113 Å². The van der Waals surface area contributed by atoms with Crippen molar-refractivity contribution in [3.05, 3.63) is 23.8 Å². The summed E-state index contributed by atoms with van der Waals surface area (Å²) in [6.45, 7) is 5.30. The molecular formula is C14H20N2O3. The quantitative estimate of drug-likeness (QED) is 0.854. The van der Waals surface area contributed by atoms with Crippen LogP contribution in [0.1, 0.15) is 19.4 Å². The molecule has 2 N–H and O–H groups in total. The molecule has 1 amide bonds. The van der Waals surface area contributed by atoms with Crippen LogP contribution in [0.2, 0.25) is 0 Å². The Balaban J connectivity index is 1.99. The largest absolute Gasteiger partial charge is 0.486 e. The number of hydrogen-bond donors (Lipinski definition) is 2. The number of benzene rings is 1. The molecule has 0 spiro atoms. The maximum absolute atomic E-state index is 11.9. The minimum atomic E-state index is -0.576. The van der Waals surface area contributed by atoms with Crippen molar-refractivity contribution in [2.24, 2.45) is 0 Å². The second kappa shape index (κ2) is 5.48. The topological polar surface area (TPSA) is 59.6 Å². The van der Waals surface area contributed by atoms with E-state index >= 15 is 0 Å². The lowest BCUT2D eigenvalue weighted by molar-refractivity contribution is -0.126. The standard InChI is InChI=1S/C14H20N2O3/c1-14(2,15-3)13(17)16-9-10-4-5-11-12(8-10)19-7-6-18-11/h4-5,8,15H,6-7,9H2,1-3H3,(H,16,17). The molecule has 1 aromatic rings. The molecule has 0 unspecified atom stereocenters. The third-order valence-electron chi connectivity index (χ3n) is 3.25. The van der Waals surface area contributed by atoms with Gasteiger partial charge in [0.25, 0.3) is 0 Å². The molecule has 0 radical (unpaired) electrons. The van der Waals surface area contributed by atoms with Gasteiger partial charge in [0.05, 0.1) is 5.54 Å². The van der Waals surface area contributed by atoms with Crippen molar-refractivity contribution in [1.29, 1.82) is 0 Å². The summed E-state index contributed by atoms with van der Waals surface area (Å²) in [6, 6.07) is 5.71. The van der Waals surface area contributed by atoms with Crippen molar-refractivity contribution in [2.75, 3.05) is 20.3 Å². The SMILES string of the molecule is CNC(C)(C)C(=O)NCc1ccc2c(c1)OCCO2. The minimum Gasteiger partial charge on any atom is -0.486 e. The molecular weight excluding hydrogens is 244 g/mol.